The van der Waals surface area contributed by atoms with Crippen LogP contribution in [0.2, 0.25) is 0 Å². The molecular formula is C13H26O3. The van der Waals surface area contributed by atoms with Crippen molar-refractivity contribution in [2.24, 2.45) is 0 Å². The number of hydrogen-bond acceptors (Lipinski definition) is 3. The maximum absolute atomic E-state index is 8.65. The largest absolute Gasteiger partial charge is 0.346 e. The molecule has 0 spiro atoms. The van der Waals surface area contributed by atoms with Gasteiger partial charge in [0.25, 0.3) is 0 Å². The maximum atomic E-state index is 8.65. The second-order valence-electron chi connectivity index (χ2n) is 4.35. The Morgan fingerprint density at radius 2 is 1.88 bits per heavy atom. The van der Waals surface area contributed by atoms with Gasteiger partial charge in [0.1, 0.15) is 0 Å². The van der Waals surface area contributed by atoms with E-state index in [4.69, 9.17) is 9.99 Å². The molecule has 0 aromatic heterocycles. The van der Waals surface area contributed by atoms with Crippen LogP contribution >= 0.6 is 0 Å². The topological polar surface area (TPSA) is 38.7 Å². The SMILES string of the molecule is CCCCCCCC(OO)OCC=C(C)C. The van der Waals surface area contributed by atoms with Crippen molar-refractivity contribution in [1.29, 1.82) is 0 Å². The van der Waals surface area contributed by atoms with Crippen molar-refractivity contribution in [3.8, 4) is 0 Å². The van der Waals surface area contributed by atoms with Crippen LogP contribution in [0.4, 0.5) is 0 Å². The molecule has 0 bridgehead atoms. The average molecular weight is 230 g/mol. The molecule has 0 radical (unpaired) electrons. The van der Waals surface area contributed by atoms with E-state index in [1.165, 1.54) is 31.3 Å². The van der Waals surface area contributed by atoms with Crippen LogP contribution in [0.1, 0.15) is 59.3 Å². The standard InChI is InChI=1S/C13H26O3/c1-4-5-6-7-8-9-13(16-14)15-11-10-12(2)3/h10,13-14H,4-9,11H2,1-3H3. The summed E-state index contributed by atoms with van der Waals surface area (Å²) < 4.78 is 5.36. The first-order valence-corrected chi connectivity index (χ1v) is 6.25. The van der Waals surface area contributed by atoms with E-state index in [1.54, 1.807) is 0 Å². The molecule has 16 heavy (non-hydrogen) atoms. The Morgan fingerprint density at radius 3 is 2.44 bits per heavy atom. The molecule has 3 nitrogen and oxygen atoms in total. The number of unbranched alkanes of at least 4 members (excludes halogenated alkanes) is 4. The van der Waals surface area contributed by atoms with Crippen LogP contribution in [0.3, 0.4) is 0 Å². The number of allylic oxidation sites excluding steroid dienone is 1. The summed E-state index contributed by atoms with van der Waals surface area (Å²) in [5.74, 6) is 0. The smallest absolute Gasteiger partial charge is 0.191 e. The Hall–Kier alpha value is -0.380. The molecule has 0 heterocycles. The molecule has 96 valence electrons. The van der Waals surface area contributed by atoms with E-state index < -0.39 is 6.29 Å². The zero-order chi connectivity index (χ0) is 12.2. The molecule has 0 saturated carbocycles. The van der Waals surface area contributed by atoms with Gasteiger partial charge in [-0.1, -0.05) is 44.3 Å². The monoisotopic (exact) mass is 230 g/mol. The maximum Gasteiger partial charge on any atom is 0.191 e. The van der Waals surface area contributed by atoms with Gasteiger partial charge in [-0.25, -0.2) is 10.1 Å². The van der Waals surface area contributed by atoms with Crippen LogP contribution in [0.5, 0.6) is 0 Å². The lowest BCUT2D eigenvalue weighted by atomic mass is 10.1. The van der Waals surface area contributed by atoms with E-state index in [-0.39, 0.29) is 0 Å². The van der Waals surface area contributed by atoms with Gasteiger partial charge in [0.15, 0.2) is 6.29 Å². The molecule has 1 N–H and O–H groups in total. The van der Waals surface area contributed by atoms with E-state index in [0.29, 0.717) is 6.61 Å². The van der Waals surface area contributed by atoms with Crippen molar-refractivity contribution in [3.05, 3.63) is 11.6 Å². The Kier molecular flexibility index (Phi) is 10.9. The normalized spacial score (nSPS) is 12.5. The van der Waals surface area contributed by atoms with Crippen molar-refractivity contribution < 1.29 is 14.9 Å². The highest BCUT2D eigenvalue weighted by Crippen LogP contribution is 2.10. The second kappa shape index (κ2) is 11.1. The second-order valence-corrected chi connectivity index (χ2v) is 4.35. The number of hydrogen-bond donors (Lipinski definition) is 1. The third kappa shape index (κ3) is 10.1. The summed E-state index contributed by atoms with van der Waals surface area (Å²) in [6.45, 7) is 6.73. The Morgan fingerprint density at radius 1 is 1.19 bits per heavy atom. The predicted octanol–water partition coefficient (Wildman–Crippen LogP) is 4.15. The molecule has 0 aromatic rings. The quantitative estimate of drug-likeness (QED) is 0.201. The van der Waals surface area contributed by atoms with Gasteiger partial charge in [0, 0.05) is 6.42 Å². The fourth-order valence-corrected chi connectivity index (χ4v) is 1.40. The van der Waals surface area contributed by atoms with Crippen molar-refractivity contribution in [2.45, 2.75) is 65.6 Å². The van der Waals surface area contributed by atoms with Crippen LogP contribution in [0, 0.1) is 0 Å². The van der Waals surface area contributed by atoms with E-state index in [2.05, 4.69) is 11.8 Å². The lowest BCUT2D eigenvalue weighted by molar-refractivity contribution is -0.345. The first-order valence-electron chi connectivity index (χ1n) is 6.25. The molecule has 0 aliphatic heterocycles. The molecular weight excluding hydrogens is 204 g/mol. The highest BCUT2D eigenvalue weighted by Gasteiger charge is 2.07. The zero-order valence-electron chi connectivity index (χ0n) is 10.9. The summed E-state index contributed by atoms with van der Waals surface area (Å²) in [6.07, 6.45) is 8.26. The lowest BCUT2D eigenvalue weighted by Crippen LogP contribution is -2.15. The van der Waals surface area contributed by atoms with Crippen molar-refractivity contribution in [2.75, 3.05) is 6.61 Å². The Balaban J connectivity index is 3.47. The van der Waals surface area contributed by atoms with Crippen LogP contribution in [-0.2, 0) is 9.62 Å². The minimum Gasteiger partial charge on any atom is -0.346 e. The van der Waals surface area contributed by atoms with Crippen LogP contribution in [0.25, 0.3) is 0 Å². The van der Waals surface area contributed by atoms with Crippen LogP contribution < -0.4 is 0 Å². The Labute approximate surface area is 99.4 Å². The summed E-state index contributed by atoms with van der Waals surface area (Å²) in [7, 11) is 0. The molecule has 0 aliphatic carbocycles. The molecule has 0 amide bonds. The third-order valence-corrected chi connectivity index (χ3v) is 2.43. The first-order chi connectivity index (χ1) is 7.70. The first kappa shape index (κ1) is 15.6. The predicted molar refractivity (Wildman–Crippen MR) is 66.3 cm³/mol. The molecule has 0 rings (SSSR count). The highest BCUT2D eigenvalue weighted by atomic mass is 17.1. The van der Waals surface area contributed by atoms with E-state index in [0.717, 1.165) is 12.8 Å². The molecule has 3 heteroatoms. The van der Waals surface area contributed by atoms with Crippen LogP contribution in [-0.4, -0.2) is 18.2 Å². The summed E-state index contributed by atoms with van der Waals surface area (Å²) in [4.78, 5) is 4.29. The summed E-state index contributed by atoms with van der Waals surface area (Å²) >= 11 is 0. The molecule has 0 saturated heterocycles. The minimum atomic E-state index is -0.475. The fraction of sp³-hybridized carbons (Fsp3) is 0.846. The number of rotatable bonds is 10. The van der Waals surface area contributed by atoms with Gasteiger partial charge in [0.05, 0.1) is 6.61 Å². The van der Waals surface area contributed by atoms with Gasteiger partial charge in [-0.2, -0.15) is 0 Å². The molecule has 0 aliphatic rings. The summed E-state index contributed by atoms with van der Waals surface area (Å²) in [5.41, 5.74) is 1.21. The van der Waals surface area contributed by atoms with Gasteiger partial charge in [-0.05, 0) is 20.3 Å². The van der Waals surface area contributed by atoms with Gasteiger partial charge < -0.3 is 4.74 Å². The van der Waals surface area contributed by atoms with E-state index in [9.17, 15) is 0 Å². The summed E-state index contributed by atoms with van der Waals surface area (Å²) in [5, 5.41) is 8.65. The summed E-state index contributed by atoms with van der Waals surface area (Å²) in [6, 6.07) is 0. The average Bonchev–Trinajstić information content (AvgIpc) is 2.26. The van der Waals surface area contributed by atoms with Gasteiger partial charge in [-0.15, -0.1) is 0 Å². The fourth-order valence-electron chi connectivity index (χ4n) is 1.40. The third-order valence-electron chi connectivity index (χ3n) is 2.43. The van der Waals surface area contributed by atoms with Gasteiger partial charge in [0.2, 0.25) is 0 Å². The Bertz CT molecular complexity index is 174. The van der Waals surface area contributed by atoms with Crippen molar-refractivity contribution in [1.82, 2.24) is 0 Å². The van der Waals surface area contributed by atoms with Gasteiger partial charge in [-0.3, -0.25) is 0 Å². The van der Waals surface area contributed by atoms with Crippen LogP contribution in [0.15, 0.2) is 11.6 Å². The highest BCUT2D eigenvalue weighted by molar-refractivity contribution is 4.92. The molecule has 1 atom stereocenters. The van der Waals surface area contributed by atoms with Gasteiger partial charge >= 0.3 is 0 Å². The van der Waals surface area contributed by atoms with E-state index >= 15 is 0 Å². The van der Waals surface area contributed by atoms with Crippen molar-refractivity contribution >= 4 is 0 Å². The minimum absolute atomic E-state index is 0.475. The van der Waals surface area contributed by atoms with E-state index in [1.807, 2.05) is 19.9 Å². The lowest BCUT2D eigenvalue weighted by Gasteiger charge is -2.13. The molecule has 0 fully saturated rings. The van der Waals surface area contributed by atoms with Crippen molar-refractivity contribution in [3.63, 3.8) is 0 Å². The zero-order valence-corrected chi connectivity index (χ0v) is 10.9. The number of ether oxygens (including phenoxy) is 1. The molecule has 1 unspecified atom stereocenters. The molecule has 0 aromatic carbocycles.